The van der Waals surface area contributed by atoms with Crippen LogP contribution in [0.3, 0.4) is 0 Å². The zero-order chi connectivity index (χ0) is 48.3. The van der Waals surface area contributed by atoms with Crippen LogP contribution in [0.1, 0.15) is 83.3 Å². The first-order valence-corrected chi connectivity index (χ1v) is 27.2. The molecule has 0 spiro atoms. The van der Waals surface area contributed by atoms with Gasteiger partial charge in [0.25, 0.3) is 40.5 Å². The van der Waals surface area contributed by atoms with Gasteiger partial charge in [-0.15, -0.1) is 0 Å². The largest absolute Gasteiger partial charge is 0.382 e. The van der Waals surface area contributed by atoms with Gasteiger partial charge in [-0.3, -0.25) is 18.2 Å². The van der Waals surface area contributed by atoms with Gasteiger partial charge in [-0.25, -0.2) is 0 Å². The number of carbonyl (C=O) groups is 1. The number of unbranched alkanes of at least 4 members (excludes halogenated alkanes) is 2. The molecule has 0 amide bonds. The fraction of sp³-hybridized carbons (Fsp3) is 0.535. The van der Waals surface area contributed by atoms with Gasteiger partial charge in [0.05, 0.1) is 59.7 Å². The number of hydrogen-bond donors (Lipinski definition) is 4. The Morgan fingerprint density at radius 3 is 1.85 bits per heavy atom. The molecule has 0 aliphatic carbocycles. The molecule has 2 aromatic rings. The Balaban J connectivity index is 1.80. The minimum absolute atomic E-state index is 0.00604. The van der Waals surface area contributed by atoms with E-state index in [1.54, 1.807) is 49.6 Å². The van der Waals surface area contributed by atoms with Crippen molar-refractivity contribution >= 4 is 63.3 Å². The van der Waals surface area contributed by atoms with E-state index in [4.69, 9.17) is 14.2 Å². The van der Waals surface area contributed by atoms with E-state index in [2.05, 4.69) is 0 Å². The quantitative estimate of drug-likeness (QED) is 0.0356. The maximum atomic E-state index is 12.3. The summed E-state index contributed by atoms with van der Waals surface area (Å²) in [5.41, 5.74) is 1.47. The predicted molar refractivity (Wildman–Crippen MR) is 245 cm³/mol. The molecule has 2 atom stereocenters. The van der Waals surface area contributed by atoms with E-state index in [-0.39, 0.29) is 61.0 Å². The number of benzene rings is 2. The topological polar surface area (TPSA) is 268 Å². The smallest absolute Gasteiger partial charge is 0.294 e. The lowest BCUT2D eigenvalue weighted by Crippen LogP contribution is -2.32. The summed E-state index contributed by atoms with van der Waals surface area (Å²) in [4.78, 5) is 12.8. The van der Waals surface area contributed by atoms with Crippen LogP contribution in [-0.2, 0) is 70.3 Å². The van der Waals surface area contributed by atoms with E-state index in [0.29, 0.717) is 86.0 Å². The summed E-state index contributed by atoms with van der Waals surface area (Å²) < 4.78 is 154. The molecule has 0 radical (unpaired) electrons. The number of allylic oxidation sites excluding steroid dienone is 6. The van der Waals surface area contributed by atoms with Crippen LogP contribution in [0.5, 0.6) is 0 Å². The van der Waals surface area contributed by atoms with Crippen molar-refractivity contribution in [2.24, 2.45) is 0 Å². The van der Waals surface area contributed by atoms with E-state index >= 15 is 0 Å². The zero-order valence-electron chi connectivity index (χ0n) is 37.1. The van der Waals surface area contributed by atoms with Crippen molar-refractivity contribution in [2.45, 2.75) is 92.8 Å². The van der Waals surface area contributed by atoms with Crippen LogP contribution in [0.4, 0.5) is 11.4 Å². The first-order chi connectivity index (χ1) is 30.3. The summed E-state index contributed by atoms with van der Waals surface area (Å²) in [5.74, 6) is -1.04. The standard InChI is InChI=1S/C43H60N2O16S4/c1-33(46)13-7-6-10-22-44-38-18-16-34(64(53,54)55)31-36(38)42(2,20-11-29-62(47,48)49)40(44)14-8-5-9-15-41-43(3,21-12-30-63(50,51)52)37-32-35(65(56,57)58)17-19-39(37)45(41)23-24-60-27-28-61-26-25-59-4/h5,8-9,14-19,31-32H,6-7,10-13,20-30H2,1-4H3,(H3-,47,48,49,50,51,52,53,54,55,56,57,58)/p+1. The first kappa shape index (κ1) is 53.9. The number of Topliss-reactive ketones (excluding diaryl/α,β-unsaturated/α-hetero) is 1. The second-order valence-electron chi connectivity index (χ2n) is 16.5. The summed E-state index contributed by atoms with van der Waals surface area (Å²) in [6.45, 7) is 7.46. The van der Waals surface area contributed by atoms with Crippen molar-refractivity contribution in [1.82, 2.24) is 0 Å². The van der Waals surface area contributed by atoms with E-state index < -0.39 is 62.8 Å². The predicted octanol–water partition coefficient (Wildman–Crippen LogP) is 5.48. The highest BCUT2D eigenvalue weighted by Gasteiger charge is 2.48. The molecule has 2 aliphatic heterocycles. The monoisotopic (exact) mass is 989 g/mol. The second kappa shape index (κ2) is 22.9. The first-order valence-electron chi connectivity index (χ1n) is 21.1. The molecule has 2 aliphatic rings. The molecule has 2 heterocycles. The summed E-state index contributed by atoms with van der Waals surface area (Å²) in [7, 11) is -16.4. The lowest BCUT2D eigenvalue weighted by Gasteiger charge is -2.30. The molecule has 0 bridgehead atoms. The Morgan fingerprint density at radius 1 is 0.692 bits per heavy atom. The van der Waals surface area contributed by atoms with Crippen LogP contribution in [-0.4, -0.2) is 133 Å². The number of hydrogen-bond acceptors (Lipinski definition) is 13. The average Bonchev–Trinajstić information content (AvgIpc) is 3.56. The molecule has 4 N–H and O–H groups in total. The summed E-state index contributed by atoms with van der Waals surface area (Å²) in [6, 6.07) is 8.40. The Bertz CT molecular complexity index is 2610. The van der Waals surface area contributed by atoms with Gasteiger partial charge < -0.3 is 23.9 Å². The van der Waals surface area contributed by atoms with Gasteiger partial charge in [0.15, 0.2) is 5.71 Å². The minimum Gasteiger partial charge on any atom is -0.382 e. The van der Waals surface area contributed by atoms with Crippen LogP contribution in [0.2, 0.25) is 0 Å². The molecule has 4 rings (SSSR count). The van der Waals surface area contributed by atoms with Crippen molar-refractivity contribution in [3.05, 3.63) is 83.6 Å². The minimum atomic E-state index is -4.64. The van der Waals surface area contributed by atoms with Crippen LogP contribution < -0.4 is 4.90 Å². The second-order valence-corrected chi connectivity index (χ2v) is 22.5. The van der Waals surface area contributed by atoms with Gasteiger partial charge >= 0.3 is 0 Å². The van der Waals surface area contributed by atoms with E-state index in [1.165, 1.54) is 31.2 Å². The third-order valence-electron chi connectivity index (χ3n) is 11.6. The SMILES string of the molecule is COCCOCCOCCN1C(=CC=CC=CC2=[N+](CCCCCC(C)=O)c3ccc(S(=O)(=O)O)cc3C2(C)CCCS(=O)(=O)O)C(C)(CCCS(=O)(=O)O)c2cc(S(=O)(=O)O)ccc21. The highest BCUT2D eigenvalue weighted by Crippen LogP contribution is 2.51. The van der Waals surface area contributed by atoms with Gasteiger partial charge in [-0.05, 0) is 101 Å². The van der Waals surface area contributed by atoms with Gasteiger partial charge in [-0.1, -0.05) is 18.2 Å². The van der Waals surface area contributed by atoms with Gasteiger partial charge in [0, 0.05) is 61.0 Å². The number of anilines is 1. The number of carbonyl (C=O) groups excluding carboxylic acids is 1. The fourth-order valence-electron chi connectivity index (χ4n) is 8.41. The maximum absolute atomic E-state index is 12.3. The number of fused-ring (bicyclic) bond motifs is 2. The Kier molecular flexibility index (Phi) is 19.0. The highest BCUT2D eigenvalue weighted by molar-refractivity contribution is 7.86. The molecule has 18 nitrogen and oxygen atoms in total. The molecular weight excluding hydrogens is 929 g/mol. The van der Waals surface area contributed by atoms with Crippen LogP contribution >= 0.6 is 0 Å². The normalized spacial score (nSPS) is 19.9. The molecule has 0 aromatic heterocycles. The highest BCUT2D eigenvalue weighted by atomic mass is 32.2. The lowest BCUT2D eigenvalue weighted by molar-refractivity contribution is -0.438. The molecule has 0 saturated heterocycles. The molecule has 2 aromatic carbocycles. The van der Waals surface area contributed by atoms with E-state index in [9.17, 15) is 56.7 Å². The number of ether oxygens (including phenoxy) is 3. The van der Waals surface area contributed by atoms with Crippen molar-refractivity contribution in [3.63, 3.8) is 0 Å². The molecule has 362 valence electrons. The number of nitrogens with zero attached hydrogens (tertiary/aromatic N) is 2. The average molecular weight is 990 g/mol. The molecular formula is C43H61N2O16S4+. The lowest BCUT2D eigenvalue weighted by atomic mass is 9.76. The van der Waals surface area contributed by atoms with E-state index in [0.717, 1.165) is 0 Å². The Morgan fingerprint density at radius 2 is 1.26 bits per heavy atom. The van der Waals surface area contributed by atoms with Gasteiger partial charge in [0.2, 0.25) is 5.69 Å². The molecule has 0 fully saturated rings. The molecule has 65 heavy (non-hydrogen) atoms. The fourth-order valence-corrected chi connectivity index (χ4v) is 10.4. The van der Waals surface area contributed by atoms with Gasteiger partial charge in [-0.2, -0.15) is 38.2 Å². The summed E-state index contributed by atoms with van der Waals surface area (Å²) in [5, 5.41) is 0. The molecule has 0 saturated carbocycles. The zero-order valence-corrected chi connectivity index (χ0v) is 40.4. The molecule has 2 unspecified atom stereocenters. The number of rotatable bonds is 28. The van der Waals surface area contributed by atoms with Crippen LogP contribution in [0.25, 0.3) is 0 Å². The van der Waals surface area contributed by atoms with E-state index in [1.807, 2.05) is 23.3 Å². The van der Waals surface area contributed by atoms with Crippen molar-refractivity contribution in [3.8, 4) is 0 Å². The van der Waals surface area contributed by atoms with Crippen molar-refractivity contribution in [1.29, 1.82) is 0 Å². The van der Waals surface area contributed by atoms with Crippen LogP contribution in [0.15, 0.2) is 82.3 Å². The van der Waals surface area contributed by atoms with Crippen molar-refractivity contribution in [2.75, 3.05) is 69.6 Å². The molecule has 22 heteroatoms. The summed E-state index contributed by atoms with van der Waals surface area (Å²) in [6.07, 6.45) is 11.5. The van der Waals surface area contributed by atoms with Crippen LogP contribution in [0, 0.1) is 0 Å². The van der Waals surface area contributed by atoms with Crippen molar-refractivity contribution < 1.29 is 75.5 Å². The third kappa shape index (κ3) is 15.2. The third-order valence-corrected chi connectivity index (χ3v) is 14.9. The number of methoxy groups -OCH3 is 1. The maximum Gasteiger partial charge on any atom is 0.294 e. The summed E-state index contributed by atoms with van der Waals surface area (Å²) >= 11 is 0. The Labute approximate surface area is 383 Å². The number of ketones is 1. The Hall–Kier alpha value is -3.68. The van der Waals surface area contributed by atoms with Gasteiger partial charge in [0.1, 0.15) is 12.3 Å².